The fourth-order valence-electron chi connectivity index (χ4n) is 2.22. The molecule has 3 N–H and O–H groups in total. The van der Waals surface area contributed by atoms with Crippen LogP contribution in [0.25, 0.3) is 0 Å². The van der Waals surface area contributed by atoms with E-state index >= 15 is 0 Å². The average molecular weight is 292 g/mol. The van der Waals surface area contributed by atoms with E-state index in [2.05, 4.69) is 11.8 Å². The van der Waals surface area contributed by atoms with Gasteiger partial charge in [0.2, 0.25) is 5.91 Å². The van der Waals surface area contributed by atoms with Gasteiger partial charge in [-0.2, -0.15) is 0 Å². The van der Waals surface area contributed by atoms with Crippen LogP contribution >= 0.6 is 11.3 Å². The Morgan fingerprint density at radius 3 is 3.05 bits per heavy atom. The normalized spacial score (nSPS) is 17.6. The van der Waals surface area contributed by atoms with Gasteiger partial charge in [0, 0.05) is 18.5 Å². The fourth-order valence-corrected chi connectivity index (χ4v) is 3.03. The Balaban J connectivity index is 2.20. The molecule has 6 heteroatoms. The summed E-state index contributed by atoms with van der Waals surface area (Å²) in [4.78, 5) is 25.9. The number of aliphatic hydroxyl groups excluding tert-OH is 1. The Hall–Kier alpha value is -1.84. The smallest absolute Gasteiger partial charge is 0.265 e. The molecule has 1 saturated heterocycles. The summed E-state index contributed by atoms with van der Waals surface area (Å²) in [5, 5.41) is 10.5. The van der Waals surface area contributed by atoms with Crippen LogP contribution in [-0.2, 0) is 4.79 Å². The van der Waals surface area contributed by atoms with Crippen LogP contribution in [0.1, 0.15) is 34.5 Å². The van der Waals surface area contributed by atoms with Crippen molar-refractivity contribution in [2.45, 2.75) is 25.3 Å². The number of nitrogens with two attached hydrogens (primary N) is 1. The zero-order valence-electron chi connectivity index (χ0n) is 11.0. The van der Waals surface area contributed by atoms with Gasteiger partial charge in [-0.25, -0.2) is 0 Å². The van der Waals surface area contributed by atoms with Crippen molar-refractivity contribution in [1.82, 2.24) is 4.90 Å². The first kappa shape index (κ1) is 14.6. The predicted octanol–water partition coefficient (Wildman–Crippen LogP) is 0.572. The molecule has 2 rings (SSSR count). The Kier molecular flexibility index (Phi) is 4.77. The highest BCUT2D eigenvalue weighted by Gasteiger charge is 2.34. The van der Waals surface area contributed by atoms with Crippen molar-refractivity contribution in [2.24, 2.45) is 5.73 Å². The summed E-state index contributed by atoms with van der Waals surface area (Å²) in [6, 6.07) is 1.26. The number of primary amides is 1. The van der Waals surface area contributed by atoms with E-state index in [4.69, 9.17) is 10.8 Å². The molecule has 5 nitrogen and oxygen atoms in total. The van der Waals surface area contributed by atoms with E-state index in [1.807, 2.05) is 0 Å². The molecule has 1 aliphatic heterocycles. The predicted molar refractivity (Wildman–Crippen MR) is 76.2 cm³/mol. The average Bonchev–Trinajstić information content (AvgIpc) is 3.07. The zero-order valence-corrected chi connectivity index (χ0v) is 11.8. The van der Waals surface area contributed by atoms with E-state index in [-0.39, 0.29) is 12.5 Å². The summed E-state index contributed by atoms with van der Waals surface area (Å²) in [5.74, 6) is 5.04. The Morgan fingerprint density at radius 2 is 2.35 bits per heavy atom. The third-order valence-corrected chi connectivity index (χ3v) is 4.06. The second kappa shape index (κ2) is 6.55. The first-order valence-corrected chi connectivity index (χ1v) is 7.30. The van der Waals surface area contributed by atoms with Crippen molar-refractivity contribution in [2.75, 3.05) is 13.2 Å². The molecule has 0 aliphatic carbocycles. The first-order chi connectivity index (χ1) is 9.65. The maximum Gasteiger partial charge on any atom is 0.265 e. The minimum atomic E-state index is -0.511. The highest BCUT2D eigenvalue weighted by molar-refractivity contribution is 7.12. The van der Waals surface area contributed by atoms with Gasteiger partial charge in [0.15, 0.2) is 0 Å². The third kappa shape index (κ3) is 3.00. The van der Waals surface area contributed by atoms with Gasteiger partial charge in [0.25, 0.3) is 5.91 Å². The lowest BCUT2D eigenvalue weighted by atomic mass is 10.2. The molecule has 1 aromatic heterocycles. The second-order valence-electron chi connectivity index (χ2n) is 4.50. The highest BCUT2D eigenvalue weighted by Crippen LogP contribution is 2.24. The van der Waals surface area contributed by atoms with Crippen molar-refractivity contribution in [3.05, 3.63) is 21.9 Å². The van der Waals surface area contributed by atoms with Crippen LogP contribution < -0.4 is 5.73 Å². The highest BCUT2D eigenvalue weighted by atomic mass is 32.1. The number of hydrogen-bond acceptors (Lipinski definition) is 4. The zero-order chi connectivity index (χ0) is 14.5. The van der Waals surface area contributed by atoms with Gasteiger partial charge >= 0.3 is 0 Å². The van der Waals surface area contributed by atoms with E-state index in [0.717, 1.165) is 6.42 Å². The Labute approximate surface area is 121 Å². The van der Waals surface area contributed by atoms with Crippen LogP contribution in [0.15, 0.2) is 11.4 Å². The molecular formula is C14H16N2O3S. The number of carbonyl (C=O) groups is 2. The molecule has 2 amide bonds. The monoisotopic (exact) mass is 292 g/mol. The van der Waals surface area contributed by atoms with Gasteiger partial charge in [0.1, 0.15) is 10.9 Å². The van der Waals surface area contributed by atoms with E-state index in [0.29, 0.717) is 29.8 Å². The molecule has 2 heterocycles. The minimum Gasteiger partial charge on any atom is -0.395 e. The quantitative estimate of drug-likeness (QED) is 0.799. The Morgan fingerprint density at radius 1 is 1.55 bits per heavy atom. The summed E-state index contributed by atoms with van der Waals surface area (Å²) >= 11 is 1.31. The van der Waals surface area contributed by atoms with E-state index in [1.54, 1.807) is 11.4 Å². The summed E-state index contributed by atoms with van der Waals surface area (Å²) < 4.78 is 0. The number of amides is 2. The molecule has 1 atom stereocenters. The van der Waals surface area contributed by atoms with E-state index < -0.39 is 11.9 Å². The topological polar surface area (TPSA) is 83.6 Å². The number of thiophene rings is 1. The van der Waals surface area contributed by atoms with Gasteiger partial charge in [-0.1, -0.05) is 11.8 Å². The largest absolute Gasteiger partial charge is 0.395 e. The van der Waals surface area contributed by atoms with Crippen molar-refractivity contribution >= 4 is 23.2 Å². The van der Waals surface area contributed by atoms with Crippen LogP contribution in [0, 0.1) is 11.8 Å². The lowest BCUT2D eigenvalue weighted by Crippen LogP contribution is -2.43. The van der Waals surface area contributed by atoms with Crippen LogP contribution in [0.5, 0.6) is 0 Å². The molecule has 0 saturated carbocycles. The lowest BCUT2D eigenvalue weighted by molar-refractivity contribution is -0.121. The molecule has 1 aromatic rings. The molecule has 0 bridgehead atoms. The van der Waals surface area contributed by atoms with E-state index in [1.165, 1.54) is 16.2 Å². The van der Waals surface area contributed by atoms with Crippen molar-refractivity contribution < 1.29 is 14.7 Å². The number of aliphatic hydroxyl groups is 1. The molecular weight excluding hydrogens is 276 g/mol. The van der Waals surface area contributed by atoms with Crippen molar-refractivity contribution in [1.29, 1.82) is 0 Å². The summed E-state index contributed by atoms with van der Waals surface area (Å²) in [6.45, 7) is 0.546. The molecule has 20 heavy (non-hydrogen) atoms. The van der Waals surface area contributed by atoms with Gasteiger partial charge in [-0.3, -0.25) is 9.59 Å². The number of likely N-dealkylation sites (tertiary alicyclic amines) is 1. The Bertz CT molecular complexity index is 570. The van der Waals surface area contributed by atoms with Crippen LogP contribution in [0.4, 0.5) is 0 Å². The second-order valence-corrected chi connectivity index (χ2v) is 5.41. The molecule has 106 valence electrons. The van der Waals surface area contributed by atoms with Gasteiger partial charge in [-0.05, 0) is 24.3 Å². The first-order valence-electron chi connectivity index (χ1n) is 6.42. The molecule has 0 aromatic carbocycles. The molecule has 0 radical (unpaired) electrons. The van der Waals surface area contributed by atoms with E-state index in [9.17, 15) is 9.59 Å². The molecule has 0 spiro atoms. The number of hydrogen-bond donors (Lipinski definition) is 2. The number of nitrogens with zero attached hydrogens (tertiary/aromatic N) is 1. The third-order valence-electron chi connectivity index (χ3n) is 3.16. The molecule has 1 fully saturated rings. The number of carbonyl (C=O) groups excluding carboxylic acids is 2. The maximum absolute atomic E-state index is 12.5. The SMILES string of the molecule is NC(=O)C1CCCN1C(=O)c1sccc1C#CCCO. The van der Waals surface area contributed by atoms with Crippen LogP contribution in [0.2, 0.25) is 0 Å². The summed E-state index contributed by atoms with van der Waals surface area (Å²) in [6.07, 6.45) is 1.78. The van der Waals surface area contributed by atoms with Crippen LogP contribution in [0.3, 0.4) is 0 Å². The molecule has 1 aliphatic rings. The lowest BCUT2D eigenvalue weighted by Gasteiger charge is -2.21. The van der Waals surface area contributed by atoms with Crippen molar-refractivity contribution in [3.63, 3.8) is 0 Å². The summed E-state index contributed by atoms with van der Waals surface area (Å²) in [7, 11) is 0. The fraction of sp³-hybridized carbons (Fsp3) is 0.429. The maximum atomic E-state index is 12.5. The van der Waals surface area contributed by atoms with Crippen molar-refractivity contribution in [3.8, 4) is 11.8 Å². The minimum absolute atomic E-state index is 0.00368. The van der Waals surface area contributed by atoms with Gasteiger partial charge in [-0.15, -0.1) is 11.3 Å². The van der Waals surface area contributed by atoms with Crippen LogP contribution in [-0.4, -0.2) is 41.0 Å². The standard InChI is InChI=1S/C14H16N2O3S/c15-13(18)11-5-3-7-16(11)14(19)12-10(6-9-20-12)4-1-2-8-17/h6,9,11,17H,2-3,5,7-8H2,(H2,15,18). The summed E-state index contributed by atoms with van der Waals surface area (Å²) in [5.41, 5.74) is 5.97. The molecule has 1 unspecified atom stereocenters. The van der Waals surface area contributed by atoms with Gasteiger partial charge in [0.05, 0.1) is 6.61 Å². The van der Waals surface area contributed by atoms with Gasteiger partial charge < -0.3 is 15.7 Å². The number of rotatable bonds is 3.